The lowest BCUT2D eigenvalue weighted by molar-refractivity contribution is -0.0566. The molecule has 3 atom stereocenters. The van der Waals surface area contributed by atoms with Crippen LogP contribution in [0.4, 0.5) is 0 Å². The first kappa shape index (κ1) is 25.6. The van der Waals surface area contributed by atoms with Crippen molar-refractivity contribution in [3.8, 4) is 0 Å². The van der Waals surface area contributed by atoms with Crippen molar-refractivity contribution in [3.63, 3.8) is 0 Å². The van der Waals surface area contributed by atoms with Gasteiger partial charge in [-0.25, -0.2) is 4.79 Å². The number of H-pyrrole nitrogens is 1. The Morgan fingerprint density at radius 1 is 0.938 bits per heavy atom. The summed E-state index contributed by atoms with van der Waals surface area (Å²) < 4.78 is 28.7. The molecule has 0 bridgehead atoms. The van der Waals surface area contributed by atoms with Crippen molar-refractivity contribution in [3.05, 3.63) is 32.6 Å². The summed E-state index contributed by atoms with van der Waals surface area (Å²) in [7, 11) is -5.35. The Bertz CT molecular complexity index is 910. The largest absolute Gasteiger partial charge is 0.414 e. The number of fused-ring (bicyclic) bond motifs is 1. The van der Waals surface area contributed by atoms with E-state index < -0.39 is 29.0 Å². The molecule has 8 nitrogen and oxygen atoms in total. The molecule has 1 aromatic heterocycles. The van der Waals surface area contributed by atoms with Gasteiger partial charge in [-0.2, -0.15) is 0 Å². The minimum atomic E-state index is -2.72. The number of nitrogens with one attached hydrogen (secondary N) is 1. The average Bonchev–Trinajstić information content (AvgIpc) is 3.05. The summed E-state index contributed by atoms with van der Waals surface area (Å²) in [6.45, 7) is 19.5. The van der Waals surface area contributed by atoms with Crippen molar-refractivity contribution < 1.29 is 17.7 Å². The number of aryl methyl sites for hydroxylation is 1. The van der Waals surface area contributed by atoms with Crippen LogP contribution < -0.4 is 11.2 Å². The van der Waals surface area contributed by atoms with E-state index in [1.165, 1.54) is 4.57 Å². The van der Waals surface area contributed by atoms with Gasteiger partial charge in [0.2, 0.25) is 0 Å². The van der Waals surface area contributed by atoms with Crippen LogP contribution in [0.2, 0.25) is 22.2 Å². The predicted octanol–water partition coefficient (Wildman–Crippen LogP) is 4.09. The van der Waals surface area contributed by atoms with Gasteiger partial charge in [-0.05, 0) is 29.1 Å². The standard InChI is InChI=1S/C22H40N2O6Si2/c1-13(2)31(14(3)4)27-12-19-18(29-32(30-31,15(5)6)16(7)8)10-20(28-19)24-11-17(9)21(25)23-22(24)26/h11,13-16,18-20H,10,12H2,1-9H3,(H,23,25,26)/t18-,19+,20+/m0/s1/i12+1. The summed E-state index contributed by atoms with van der Waals surface area (Å²) in [6.07, 6.45) is 1.03. The smallest absolute Gasteiger partial charge is 0.335 e. The van der Waals surface area contributed by atoms with E-state index in [-0.39, 0.29) is 39.9 Å². The lowest BCUT2D eigenvalue weighted by atomic mass is 10.2. The van der Waals surface area contributed by atoms with Crippen LogP contribution in [-0.4, -0.2) is 45.5 Å². The third kappa shape index (κ3) is 4.37. The summed E-state index contributed by atoms with van der Waals surface area (Å²) >= 11 is 0. The van der Waals surface area contributed by atoms with Crippen LogP contribution in [0.25, 0.3) is 0 Å². The summed E-state index contributed by atoms with van der Waals surface area (Å²) in [6, 6.07) is 0. The number of hydrogen-bond donors (Lipinski definition) is 1. The molecule has 32 heavy (non-hydrogen) atoms. The number of aromatic amines is 1. The highest BCUT2D eigenvalue weighted by Crippen LogP contribution is 2.48. The van der Waals surface area contributed by atoms with E-state index in [9.17, 15) is 9.59 Å². The average molecular weight is 486 g/mol. The topological polar surface area (TPSA) is 91.8 Å². The molecule has 2 aliphatic rings. The Hall–Kier alpha value is -1.05. The van der Waals surface area contributed by atoms with Crippen LogP contribution >= 0.6 is 0 Å². The van der Waals surface area contributed by atoms with Gasteiger partial charge in [0.15, 0.2) is 0 Å². The Morgan fingerprint density at radius 3 is 2.03 bits per heavy atom. The zero-order valence-electron chi connectivity index (χ0n) is 20.9. The normalized spacial score (nSPS) is 27.7. The Morgan fingerprint density at radius 2 is 1.50 bits per heavy atom. The van der Waals surface area contributed by atoms with Crippen molar-refractivity contribution >= 4 is 17.1 Å². The fourth-order valence-electron chi connectivity index (χ4n) is 5.11. The molecule has 0 saturated carbocycles. The molecule has 2 aliphatic heterocycles. The maximum atomic E-state index is 12.5. The van der Waals surface area contributed by atoms with Gasteiger partial charge in [0, 0.05) is 18.2 Å². The van der Waals surface area contributed by atoms with Crippen LogP contribution in [0.1, 0.15) is 73.6 Å². The van der Waals surface area contributed by atoms with Crippen molar-refractivity contribution in [2.45, 2.75) is 109 Å². The van der Waals surface area contributed by atoms with Crippen molar-refractivity contribution in [2.24, 2.45) is 0 Å². The lowest BCUT2D eigenvalue weighted by Gasteiger charge is -2.51. The fraction of sp³-hybridized carbons (Fsp3) is 0.818. The highest BCUT2D eigenvalue weighted by atomic mass is 28.5. The monoisotopic (exact) mass is 485 g/mol. The summed E-state index contributed by atoms with van der Waals surface area (Å²) in [5, 5.41) is 0. The number of hydrogen-bond acceptors (Lipinski definition) is 6. The maximum Gasteiger partial charge on any atom is 0.335 e. The van der Waals surface area contributed by atoms with E-state index in [0.717, 1.165) is 0 Å². The SMILES string of the molecule is Cc1cn([C@H]2C[C@@H]3O[Si](C(C)C)(C(C)C)O[Si](C(C)C)(C(C)C)O[13CH2][C@H]3O2)c(=O)[nH]c1=O. The number of nitrogens with zero attached hydrogens (tertiary/aromatic N) is 1. The lowest BCUT2D eigenvalue weighted by Crippen LogP contribution is -2.65. The van der Waals surface area contributed by atoms with E-state index in [4.69, 9.17) is 17.7 Å². The minimum absolute atomic E-state index is 0.228. The van der Waals surface area contributed by atoms with E-state index in [2.05, 4.69) is 60.4 Å². The Labute approximate surface area is 193 Å². The fourth-order valence-corrected chi connectivity index (χ4v) is 16.3. The van der Waals surface area contributed by atoms with E-state index in [1.54, 1.807) is 13.1 Å². The molecular weight excluding hydrogens is 445 g/mol. The molecule has 0 aliphatic carbocycles. The molecule has 0 unspecified atom stereocenters. The molecule has 3 heterocycles. The third-order valence-electron chi connectivity index (χ3n) is 6.98. The van der Waals surface area contributed by atoms with Crippen LogP contribution in [-0.2, 0) is 17.7 Å². The van der Waals surface area contributed by atoms with Crippen LogP contribution in [0.3, 0.4) is 0 Å². The molecule has 0 aromatic carbocycles. The van der Waals surface area contributed by atoms with Crippen molar-refractivity contribution in [1.29, 1.82) is 0 Å². The van der Waals surface area contributed by atoms with E-state index >= 15 is 0 Å². The van der Waals surface area contributed by atoms with Gasteiger partial charge >= 0.3 is 22.8 Å². The van der Waals surface area contributed by atoms with E-state index in [0.29, 0.717) is 18.6 Å². The number of ether oxygens (including phenoxy) is 1. The molecule has 1 N–H and O–H groups in total. The van der Waals surface area contributed by atoms with Crippen LogP contribution in [0, 0.1) is 6.92 Å². The summed E-state index contributed by atoms with van der Waals surface area (Å²) in [5.41, 5.74) is 0.595. The van der Waals surface area contributed by atoms with Gasteiger partial charge in [0.25, 0.3) is 5.56 Å². The van der Waals surface area contributed by atoms with Gasteiger partial charge in [0.1, 0.15) is 12.3 Å². The van der Waals surface area contributed by atoms with Gasteiger partial charge in [-0.15, -0.1) is 0 Å². The van der Waals surface area contributed by atoms with Gasteiger partial charge in [-0.1, -0.05) is 55.4 Å². The molecule has 0 amide bonds. The predicted molar refractivity (Wildman–Crippen MR) is 128 cm³/mol. The Kier molecular flexibility index (Phi) is 7.44. The van der Waals surface area contributed by atoms with Crippen molar-refractivity contribution in [1.82, 2.24) is 9.55 Å². The highest BCUT2D eigenvalue weighted by molar-refractivity contribution is 6.83. The first-order valence-corrected chi connectivity index (χ1v) is 15.8. The quantitative estimate of drug-likeness (QED) is 0.499. The van der Waals surface area contributed by atoms with Gasteiger partial charge in [0.05, 0.1) is 12.7 Å². The molecule has 0 spiro atoms. The summed E-state index contributed by atoms with van der Waals surface area (Å²) in [5.74, 6) is 0. The van der Waals surface area contributed by atoms with Crippen molar-refractivity contribution in [2.75, 3.05) is 6.61 Å². The van der Waals surface area contributed by atoms with Gasteiger partial charge < -0.3 is 17.7 Å². The molecule has 1 aromatic rings. The molecule has 10 heteroatoms. The maximum absolute atomic E-state index is 12.5. The number of rotatable bonds is 5. The minimum Gasteiger partial charge on any atom is -0.414 e. The molecule has 3 rings (SSSR count). The zero-order valence-corrected chi connectivity index (χ0v) is 22.9. The molecule has 2 fully saturated rings. The molecule has 182 valence electrons. The second-order valence-corrected chi connectivity index (χ2v) is 19.3. The zero-order chi connectivity index (χ0) is 24.0. The second kappa shape index (κ2) is 9.30. The summed E-state index contributed by atoms with van der Waals surface area (Å²) in [4.78, 5) is 26.7. The van der Waals surface area contributed by atoms with Gasteiger partial charge in [-0.3, -0.25) is 14.3 Å². The van der Waals surface area contributed by atoms with E-state index in [1.807, 2.05) is 0 Å². The first-order valence-electron chi connectivity index (χ1n) is 11.8. The number of aromatic nitrogens is 2. The third-order valence-corrected chi connectivity index (χ3v) is 17.3. The molecule has 0 radical (unpaired) electrons. The van der Waals surface area contributed by atoms with Crippen LogP contribution in [0.5, 0.6) is 0 Å². The first-order chi connectivity index (χ1) is 14.8. The molecule has 2 saturated heterocycles. The molecular formula is C22H40N2O6Si2. The Balaban J connectivity index is 2.04. The highest BCUT2D eigenvalue weighted by Gasteiger charge is 2.60. The second-order valence-electron chi connectivity index (χ2n) is 10.5. The van der Waals surface area contributed by atoms with Crippen LogP contribution in [0.15, 0.2) is 15.8 Å².